The van der Waals surface area contributed by atoms with Crippen molar-refractivity contribution < 1.29 is 0 Å². The average molecular weight is 357 g/mol. The molecule has 0 bridgehead atoms. The summed E-state index contributed by atoms with van der Waals surface area (Å²) in [6, 6.07) is 17.4. The third-order valence-electron chi connectivity index (χ3n) is 4.63. The number of nitrogens with two attached hydrogens (primary N) is 1. The zero-order valence-corrected chi connectivity index (χ0v) is 14.6. The molecule has 5 rings (SSSR count). The molecule has 27 heavy (non-hydrogen) atoms. The first-order chi connectivity index (χ1) is 13.2. The number of aromatic amines is 1. The lowest BCUT2D eigenvalue weighted by Crippen LogP contribution is -2.02. The van der Waals surface area contributed by atoms with Crippen molar-refractivity contribution in [1.82, 2.24) is 20.2 Å². The number of para-hydroxylation sites is 1. The molecule has 2 heterocycles. The van der Waals surface area contributed by atoms with Crippen molar-refractivity contribution in [2.45, 2.75) is 18.8 Å². The highest BCUT2D eigenvalue weighted by Crippen LogP contribution is 2.39. The van der Waals surface area contributed by atoms with E-state index >= 15 is 0 Å². The maximum Gasteiger partial charge on any atom is 0.229 e. The Kier molecular flexibility index (Phi) is 3.64. The van der Waals surface area contributed by atoms with Gasteiger partial charge in [-0.15, -0.1) is 0 Å². The minimum absolute atomic E-state index is 0.513. The van der Waals surface area contributed by atoms with Gasteiger partial charge in [0.1, 0.15) is 5.82 Å². The second kappa shape index (κ2) is 6.28. The molecule has 0 atom stereocenters. The molecule has 0 saturated heterocycles. The number of nitrogen functional groups attached to an aromatic ring is 1. The second-order valence-corrected chi connectivity index (χ2v) is 6.77. The average Bonchev–Trinajstić information content (AvgIpc) is 3.43. The quantitative estimate of drug-likeness (QED) is 0.397. The fourth-order valence-corrected chi connectivity index (χ4v) is 3.05. The predicted octanol–water partition coefficient (Wildman–Crippen LogP) is 4.30. The normalized spacial score (nSPS) is 13.6. The minimum atomic E-state index is 0.513. The van der Waals surface area contributed by atoms with Crippen LogP contribution in [0.1, 0.15) is 24.5 Å². The molecule has 134 valence electrons. The molecule has 5 N–H and O–H groups in total. The Morgan fingerprint density at radius 1 is 0.963 bits per heavy atom. The first-order valence-electron chi connectivity index (χ1n) is 8.96. The van der Waals surface area contributed by atoms with Gasteiger partial charge in [-0.1, -0.05) is 12.1 Å². The number of hydrogen-bond donors (Lipinski definition) is 4. The molecule has 1 aliphatic rings. The molecule has 2 aromatic heterocycles. The van der Waals surface area contributed by atoms with E-state index in [1.54, 1.807) is 0 Å². The van der Waals surface area contributed by atoms with Gasteiger partial charge in [-0.2, -0.15) is 10.1 Å². The lowest BCUT2D eigenvalue weighted by molar-refractivity contribution is 0.966. The number of hydrogen-bond acceptors (Lipinski definition) is 6. The summed E-state index contributed by atoms with van der Waals surface area (Å²) in [5, 5.41) is 15.0. The molecule has 7 nitrogen and oxygen atoms in total. The monoisotopic (exact) mass is 357 g/mol. The molecule has 1 aliphatic carbocycles. The largest absolute Gasteiger partial charge is 0.399 e. The SMILES string of the molecule is Nc1ccc(Nc2nc(Nc3cc(C4CC4)[nH]n3)c3ccccc3n2)cc1. The van der Waals surface area contributed by atoms with Gasteiger partial charge >= 0.3 is 0 Å². The highest BCUT2D eigenvalue weighted by atomic mass is 15.2. The van der Waals surface area contributed by atoms with Crippen LogP contribution >= 0.6 is 0 Å². The first-order valence-corrected chi connectivity index (χ1v) is 8.96. The zero-order valence-electron chi connectivity index (χ0n) is 14.6. The maximum absolute atomic E-state index is 5.75. The van der Waals surface area contributed by atoms with Crippen LogP contribution in [0.2, 0.25) is 0 Å². The summed E-state index contributed by atoms with van der Waals surface area (Å²) < 4.78 is 0. The van der Waals surface area contributed by atoms with Gasteiger partial charge in [-0.25, -0.2) is 4.98 Å². The van der Waals surface area contributed by atoms with Crippen LogP contribution in [-0.4, -0.2) is 20.2 Å². The molecule has 0 spiro atoms. The van der Waals surface area contributed by atoms with Crippen molar-refractivity contribution in [2.24, 2.45) is 0 Å². The number of nitrogens with one attached hydrogen (secondary N) is 3. The zero-order chi connectivity index (χ0) is 18.2. The van der Waals surface area contributed by atoms with Gasteiger partial charge in [0.15, 0.2) is 5.82 Å². The Hall–Kier alpha value is -3.61. The minimum Gasteiger partial charge on any atom is -0.399 e. The van der Waals surface area contributed by atoms with Crippen LogP contribution in [0.3, 0.4) is 0 Å². The van der Waals surface area contributed by atoms with Crippen LogP contribution in [0, 0.1) is 0 Å². The summed E-state index contributed by atoms with van der Waals surface area (Å²) >= 11 is 0. The molecule has 0 amide bonds. The standard InChI is InChI=1S/C20H19N7/c21-13-7-9-14(10-8-13)22-20-23-16-4-2-1-3-15(16)19(25-20)24-18-11-17(26-27-18)12-5-6-12/h1-4,7-12H,5-6,21H2,(H3,22,23,24,25,26,27). The van der Waals surface area contributed by atoms with E-state index in [-0.39, 0.29) is 0 Å². The van der Waals surface area contributed by atoms with E-state index in [1.165, 1.54) is 18.5 Å². The van der Waals surface area contributed by atoms with Crippen molar-refractivity contribution in [2.75, 3.05) is 16.4 Å². The lowest BCUT2D eigenvalue weighted by Gasteiger charge is -2.10. The lowest BCUT2D eigenvalue weighted by atomic mass is 10.2. The summed E-state index contributed by atoms with van der Waals surface area (Å²) in [6.07, 6.45) is 2.46. The van der Waals surface area contributed by atoms with Gasteiger partial charge in [0.05, 0.1) is 5.52 Å². The van der Waals surface area contributed by atoms with Crippen LogP contribution < -0.4 is 16.4 Å². The summed E-state index contributed by atoms with van der Waals surface area (Å²) in [5.41, 5.74) is 9.37. The van der Waals surface area contributed by atoms with Gasteiger partial charge in [-0.05, 0) is 49.2 Å². The van der Waals surface area contributed by atoms with Crippen molar-refractivity contribution in [3.8, 4) is 0 Å². The number of H-pyrrole nitrogens is 1. The van der Waals surface area contributed by atoms with Gasteiger partial charge < -0.3 is 16.4 Å². The molecular formula is C20H19N7. The fourth-order valence-electron chi connectivity index (χ4n) is 3.05. The van der Waals surface area contributed by atoms with Crippen molar-refractivity contribution in [3.63, 3.8) is 0 Å². The van der Waals surface area contributed by atoms with Crippen LogP contribution in [0.25, 0.3) is 10.9 Å². The summed E-state index contributed by atoms with van der Waals surface area (Å²) in [7, 11) is 0. The van der Waals surface area contributed by atoms with E-state index in [9.17, 15) is 0 Å². The molecule has 7 heteroatoms. The van der Waals surface area contributed by atoms with Crippen LogP contribution in [0.5, 0.6) is 0 Å². The second-order valence-electron chi connectivity index (χ2n) is 6.77. The van der Waals surface area contributed by atoms with Crippen molar-refractivity contribution in [1.29, 1.82) is 0 Å². The molecule has 0 radical (unpaired) electrons. The van der Waals surface area contributed by atoms with E-state index in [1.807, 2.05) is 48.5 Å². The Morgan fingerprint density at radius 2 is 1.78 bits per heavy atom. The summed E-state index contributed by atoms with van der Waals surface area (Å²) in [6.45, 7) is 0. The van der Waals surface area contributed by atoms with Crippen LogP contribution in [0.4, 0.5) is 29.0 Å². The van der Waals surface area contributed by atoms with Gasteiger partial charge in [-0.3, -0.25) is 5.10 Å². The van der Waals surface area contributed by atoms with E-state index in [0.717, 1.165) is 22.4 Å². The number of rotatable bonds is 5. The Labute approximate surface area is 156 Å². The van der Waals surface area contributed by atoms with E-state index < -0.39 is 0 Å². The van der Waals surface area contributed by atoms with Gasteiger partial charge in [0.25, 0.3) is 0 Å². The van der Waals surface area contributed by atoms with Crippen LogP contribution in [0.15, 0.2) is 54.6 Å². The first kappa shape index (κ1) is 15.6. The van der Waals surface area contributed by atoms with E-state index in [4.69, 9.17) is 5.73 Å². The fraction of sp³-hybridized carbons (Fsp3) is 0.150. The van der Waals surface area contributed by atoms with Gasteiger partial charge in [0.2, 0.25) is 5.95 Å². The molecule has 4 aromatic rings. The molecule has 1 saturated carbocycles. The van der Waals surface area contributed by atoms with E-state index in [2.05, 4.69) is 36.9 Å². The van der Waals surface area contributed by atoms with Gasteiger partial charge in [0, 0.05) is 34.4 Å². The summed E-state index contributed by atoms with van der Waals surface area (Å²) in [5.74, 6) is 2.61. The van der Waals surface area contributed by atoms with Crippen LogP contribution in [-0.2, 0) is 0 Å². The van der Waals surface area contributed by atoms with Crippen molar-refractivity contribution >= 4 is 39.9 Å². The molecule has 2 aromatic carbocycles. The third kappa shape index (κ3) is 3.27. The smallest absolute Gasteiger partial charge is 0.229 e. The Balaban J connectivity index is 1.49. The third-order valence-corrected chi connectivity index (χ3v) is 4.63. The number of fused-ring (bicyclic) bond motifs is 1. The molecule has 0 aliphatic heterocycles. The van der Waals surface area contributed by atoms with Crippen molar-refractivity contribution in [3.05, 3.63) is 60.3 Å². The topological polar surface area (TPSA) is 105 Å². The summed E-state index contributed by atoms with van der Waals surface area (Å²) in [4.78, 5) is 9.28. The highest BCUT2D eigenvalue weighted by molar-refractivity contribution is 5.91. The number of nitrogens with zero attached hydrogens (tertiary/aromatic N) is 3. The Morgan fingerprint density at radius 3 is 2.59 bits per heavy atom. The molecular weight excluding hydrogens is 338 g/mol. The maximum atomic E-state index is 5.75. The molecule has 1 fully saturated rings. The highest BCUT2D eigenvalue weighted by Gasteiger charge is 2.25. The number of aromatic nitrogens is 4. The Bertz CT molecular complexity index is 1100. The number of benzene rings is 2. The van der Waals surface area contributed by atoms with E-state index in [0.29, 0.717) is 23.4 Å². The molecule has 0 unspecified atom stereocenters. The number of anilines is 5. The predicted molar refractivity (Wildman–Crippen MR) is 108 cm³/mol.